The number of aliphatic hydroxyl groups is 1. The molecule has 6 nitrogen and oxygen atoms in total. The molecule has 1 unspecified atom stereocenters. The second-order valence-electron chi connectivity index (χ2n) is 8.84. The summed E-state index contributed by atoms with van der Waals surface area (Å²) in [7, 11) is 0. The molecule has 3 N–H and O–H groups in total. The van der Waals surface area contributed by atoms with E-state index in [1.54, 1.807) is 6.20 Å². The third kappa shape index (κ3) is 6.06. The number of anilines is 1. The zero-order chi connectivity index (χ0) is 25.8. The number of hydrogen-bond acceptors (Lipinski definition) is 6. The highest BCUT2D eigenvalue weighted by Crippen LogP contribution is 2.43. The number of hydrogen-bond donors (Lipinski definition) is 2. The first-order valence-corrected chi connectivity index (χ1v) is 13.5. The SMILES string of the molecule is CC(Sc1cc(-c2ccc(C(=O)N3CCN(CCO)CC3)cc2)cnc1N)C1=C(Cl)CCC(F)=C1Cl. The molecular weight excluding hydrogens is 522 g/mol. The van der Waals surface area contributed by atoms with Crippen LogP contribution >= 0.6 is 35.0 Å². The Balaban J connectivity index is 1.47. The van der Waals surface area contributed by atoms with Crippen LogP contribution in [0.1, 0.15) is 30.1 Å². The molecule has 1 atom stereocenters. The van der Waals surface area contributed by atoms with Gasteiger partial charge in [0.25, 0.3) is 5.91 Å². The molecule has 0 radical (unpaired) electrons. The Kier molecular flexibility index (Phi) is 8.96. The van der Waals surface area contributed by atoms with Gasteiger partial charge >= 0.3 is 0 Å². The van der Waals surface area contributed by atoms with Crippen molar-refractivity contribution in [3.8, 4) is 11.1 Å². The number of nitrogen functional groups attached to an aromatic ring is 1. The molecule has 1 aliphatic heterocycles. The van der Waals surface area contributed by atoms with Crippen LogP contribution in [-0.2, 0) is 0 Å². The van der Waals surface area contributed by atoms with Crippen LogP contribution in [0.2, 0.25) is 0 Å². The number of thioether (sulfide) groups is 1. The van der Waals surface area contributed by atoms with Crippen LogP contribution in [-0.4, -0.2) is 70.4 Å². The van der Waals surface area contributed by atoms with E-state index < -0.39 is 0 Å². The lowest BCUT2D eigenvalue weighted by atomic mass is 10.0. The van der Waals surface area contributed by atoms with Gasteiger partial charge in [-0.2, -0.15) is 0 Å². The maximum absolute atomic E-state index is 14.1. The van der Waals surface area contributed by atoms with Crippen molar-refractivity contribution in [1.82, 2.24) is 14.8 Å². The molecule has 1 aliphatic carbocycles. The lowest BCUT2D eigenvalue weighted by Gasteiger charge is -2.34. The summed E-state index contributed by atoms with van der Waals surface area (Å²) in [6.07, 6.45) is 2.35. The molecule has 36 heavy (non-hydrogen) atoms. The van der Waals surface area contributed by atoms with Crippen molar-refractivity contribution in [2.45, 2.75) is 29.9 Å². The van der Waals surface area contributed by atoms with Crippen LogP contribution in [0.25, 0.3) is 11.1 Å². The molecule has 2 aromatic rings. The van der Waals surface area contributed by atoms with E-state index in [4.69, 9.17) is 34.0 Å². The summed E-state index contributed by atoms with van der Waals surface area (Å²) in [5.74, 6) is 0.0291. The molecule has 192 valence electrons. The predicted octanol–water partition coefficient (Wildman–Crippen LogP) is 5.27. The van der Waals surface area contributed by atoms with Gasteiger partial charge in [0, 0.05) is 72.3 Å². The number of nitrogens with zero attached hydrogens (tertiary/aromatic N) is 3. The number of benzene rings is 1. The molecule has 0 bridgehead atoms. The van der Waals surface area contributed by atoms with Crippen molar-refractivity contribution in [3.63, 3.8) is 0 Å². The van der Waals surface area contributed by atoms with Gasteiger partial charge in [-0.1, -0.05) is 35.3 Å². The quantitative estimate of drug-likeness (QED) is 0.457. The summed E-state index contributed by atoms with van der Waals surface area (Å²) in [5, 5.41) is 9.54. The highest BCUT2D eigenvalue weighted by Gasteiger charge is 2.26. The Morgan fingerprint density at radius 3 is 2.53 bits per heavy atom. The molecule has 1 saturated heterocycles. The van der Waals surface area contributed by atoms with Crippen LogP contribution in [0.3, 0.4) is 0 Å². The maximum atomic E-state index is 14.1. The van der Waals surface area contributed by atoms with Crippen LogP contribution in [0.15, 0.2) is 62.9 Å². The fraction of sp³-hybridized carbons (Fsp3) is 0.385. The normalized spacial score (nSPS) is 18.1. The van der Waals surface area contributed by atoms with Crippen LogP contribution < -0.4 is 5.73 Å². The number of piperazine rings is 1. The van der Waals surface area contributed by atoms with E-state index in [2.05, 4.69) is 9.88 Å². The summed E-state index contributed by atoms with van der Waals surface area (Å²) in [5.41, 5.74) is 9.13. The average Bonchev–Trinajstić information content (AvgIpc) is 2.88. The third-order valence-electron chi connectivity index (χ3n) is 6.46. The molecule has 2 heterocycles. The topological polar surface area (TPSA) is 82.7 Å². The molecule has 1 fully saturated rings. The zero-order valence-corrected chi connectivity index (χ0v) is 22.3. The standard InChI is InChI=1S/C26H29Cl2FN4O2S/c1-16(23-20(27)6-7-21(29)24(23)28)36-22-14-19(15-31-25(22)30)17-2-4-18(5-3-17)26(35)33-10-8-32(9-11-33)12-13-34/h2-5,14-16,34H,6-13H2,1H3,(H2,30,31). The highest BCUT2D eigenvalue weighted by molar-refractivity contribution is 8.00. The number of pyridine rings is 1. The summed E-state index contributed by atoms with van der Waals surface area (Å²) < 4.78 is 14.1. The molecule has 4 rings (SSSR count). The fourth-order valence-electron chi connectivity index (χ4n) is 4.39. The van der Waals surface area contributed by atoms with Gasteiger partial charge in [-0.15, -0.1) is 11.8 Å². The van der Waals surface area contributed by atoms with E-state index in [0.717, 1.165) is 29.1 Å². The largest absolute Gasteiger partial charge is 0.395 e. The Morgan fingerprint density at radius 1 is 1.17 bits per heavy atom. The van der Waals surface area contributed by atoms with E-state index in [1.807, 2.05) is 42.2 Å². The summed E-state index contributed by atoms with van der Waals surface area (Å²) in [4.78, 5) is 22.0. The van der Waals surface area contributed by atoms with E-state index in [9.17, 15) is 9.18 Å². The predicted molar refractivity (Wildman–Crippen MR) is 145 cm³/mol. The maximum Gasteiger partial charge on any atom is 0.253 e. The smallest absolute Gasteiger partial charge is 0.253 e. The third-order valence-corrected chi connectivity index (χ3v) is 8.44. The zero-order valence-electron chi connectivity index (χ0n) is 20.0. The monoisotopic (exact) mass is 550 g/mol. The summed E-state index contributed by atoms with van der Waals surface area (Å²) in [6.45, 7) is 5.49. The number of aliphatic hydroxyl groups excluding tert-OH is 1. The minimum atomic E-state index is -0.343. The molecule has 1 aromatic carbocycles. The van der Waals surface area contributed by atoms with Crippen molar-refractivity contribution < 1.29 is 14.3 Å². The van der Waals surface area contributed by atoms with Crippen molar-refractivity contribution in [3.05, 3.63) is 63.6 Å². The van der Waals surface area contributed by atoms with E-state index in [-0.39, 0.29) is 35.0 Å². The van der Waals surface area contributed by atoms with E-state index in [1.165, 1.54) is 11.8 Å². The van der Waals surface area contributed by atoms with Crippen LogP contribution in [0.4, 0.5) is 10.2 Å². The molecule has 1 aromatic heterocycles. The van der Waals surface area contributed by atoms with E-state index >= 15 is 0 Å². The first kappa shape index (κ1) is 26.9. The minimum absolute atomic E-state index is 0.000463. The van der Waals surface area contributed by atoms with Gasteiger partial charge in [0.2, 0.25) is 0 Å². The highest BCUT2D eigenvalue weighted by atomic mass is 35.5. The molecule has 10 heteroatoms. The number of halogens is 3. The minimum Gasteiger partial charge on any atom is -0.395 e. The molecule has 1 amide bonds. The van der Waals surface area contributed by atoms with Gasteiger partial charge in [-0.25, -0.2) is 9.37 Å². The number of rotatable bonds is 7. The molecule has 0 spiro atoms. The number of carbonyl (C=O) groups excluding carboxylic acids is 1. The second kappa shape index (κ2) is 12.0. The number of β-amino-alcohol motifs (C(OH)–C–C–N with tert-alkyl or cyclic N) is 1. The van der Waals surface area contributed by atoms with E-state index in [0.29, 0.717) is 48.0 Å². The molecule has 0 saturated carbocycles. The number of nitrogens with two attached hydrogens (primary N) is 1. The Morgan fingerprint density at radius 2 is 1.86 bits per heavy atom. The van der Waals surface area contributed by atoms with Crippen LogP contribution in [0.5, 0.6) is 0 Å². The number of amides is 1. The van der Waals surface area contributed by atoms with Gasteiger partial charge in [0.05, 0.1) is 16.5 Å². The summed E-state index contributed by atoms with van der Waals surface area (Å²) >= 11 is 14.0. The molecule has 2 aliphatic rings. The van der Waals surface area contributed by atoms with Crippen molar-refractivity contribution >= 4 is 46.7 Å². The Hall–Kier alpha value is -2.10. The Labute approximate surface area is 225 Å². The average molecular weight is 552 g/mol. The van der Waals surface area contributed by atoms with Crippen molar-refractivity contribution in [2.24, 2.45) is 0 Å². The summed E-state index contributed by atoms with van der Waals surface area (Å²) in [6, 6.07) is 9.38. The van der Waals surface area contributed by atoms with Crippen LogP contribution in [0, 0.1) is 0 Å². The van der Waals surface area contributed by atoms with Crippen molar-refractivity contribution in [1.29, 1.82) is 0 Å². The van der Waals surface area contributed by atoms with Gasteiger partial charge in [0.1, 0.15) is 11.6 Å². The molecular formula is C26H29Cl2FN4O2S. The van der Waals surface area contributed by atoms with Gasteiger partial charge in [0.15, 0.2) is 0 Å². The van der Waals surface area contributed by atoms with Gasteiger partial charge in [-0.05, 0) is 37.1 Å². The number of aromatic nitrogens is 1. The lowest BCUT2D eigenvalue weighted by Crippen LogP contribution is -2.49. The fourth-order valence-corrected chi connectivity index (χ4v) is 6.42. The first-order valence-electron chi connectivity index (χ1n) is 11.9. The number of carbonyl (C=O) groups is 1. The van der Waals surface area contributed by atoms with Crippen molar-refractivity contribution in [2.75, 3.05) is 45.1 Å². The number of allylic oxidation sites excluding steroid dienone is 3. The lowest BCUT2D eigenvalue weighted by molar-refractivity contribution is 0.0615. The Bertz CT molecular complexity index is 1180. The second-order valence-corrected chi connectivity index (χ2v) is 11.1. The van der Waals surface area contributed by atoms with Gasteiger partial charge < -0.3 is 15.7 Å². The first-order chi connectivity index (χ1) is 17.3. The van der Waals surface area contributed by atoms with Gasteiger partial charge in [-0.3, -0.25) is 9.69 Å².